The minimum atomic E-state index is -0.386. The molecule has 0 unspecified atom stereocenters. The quantitative estimate of drug-likeness (QED) is 0.869. The van der Waals surface area contributed by atoms with Crippen LogP contribution in [-0.2, 0) is 4.79 Å². The first kappa shape index (κ1) is 15.5. The van der Waals surface area contributed by atoms with E-state index in [0.717, 1.165) is 4.47 Å². The summed E-state index contributed by atoms with van der Waals surface area (Å²) in [7, 11) is 0. The molecule has 0 aliphatic heterocycles. The van der Waals surface area contributed by atoms with Gasteiger partial charge in [-0.15, -0.1) is 0 Å². The van der Waals surface area contributed by atoms with E-state index < -0.39 is 0 Å². The number of anilines is 1. The van der Waals surface area contributed by atoms with E-state index in [1.165, 1.54) is 0 Å². The van der Waals surface area contributed by atoms with Crippen molar-refractivity contribution in [3.05, 3.63) is 63.6 Å². The van der Waals surface area contributed by atoms with Gasteiger partial charge < -0.3 is 10.6 Å². The largest absolute Gasteiger partial charge is 0.343 e. The van der Waals surface area contributed by atoms with E-state index in [2.05, 4.69) is 26.6 Å². The Kier molecular flexibility index (Phi) is 5.36. The van der Waals surface area contributed by atoms with E-state index >= 15 is 0 Å². The van der Waals surface area contributed by atoms with Gasteiger partial charge in [-0.1, -0.05) is 35.9 Å². The van der Waals surface area contributed by atoms with E-state index in [9.17, 15) is 9.59 Å². The fraction of sp³-hybridized carbons (Fsp3) is 0.0667. The molecule has 2 amide bonds. The number of rotatable bonds is 4. The average molecular weight is 368 g/mol. The molecule has 2 aromatic rings. The van der Waals surface area contributed by atoms with Crippen molar-refractivity contribution >= 4 is 45.0 Å². The molecule has 2 rings (SSSR count). The maximum absolute atomic E-state index is 11.9. The number of amides is 2. The van der Waals surface area contributed by atoms with Crippen molar-refractivity contribution in [3.63, 3.8) is 0 Å². The monoisotopic (exact) mass is 366 g/mol. The Morgan fingerprint density at radius 1 is 1.05 bits per heavy atom. The molecule has 6 heteroatoms. The summed E-state index contributed by atoms with van der Waals surface area (Å²) in [5.41, 5.74) is 0.988. The van der Waals surface area contributed by atoms with Crippen LogP contribution >= 0.6 is 27.5 Å². The number of hydrogen-bond acceptors (Lipinski definition) is 2. The summed E-state index contributed by atoms with van der Waals surface area (Å²) < 4.78 is 0.774. The van der Waals surface area contributed by atoms with E-state index in [0.29, 0.717) is 16.3 Å². The van der Waals surface area contributed by atoms with Gasteiger partial charge in [0.05, 0.1) is 22.8 Å². The summed E-state index contributed by atoms with van der Waals surface area (Å²) in [6.07, 6.45) is 0. The van der Waals surface area contributed by atoms with Crippen LogP contribution < -0.4 is 10.6 Å². The fourth-order valence-corrected chi connectivity index (χ4v) is 2.26. The Hall–Kier alpha value is -1.85. The van der Waals surface area contributed by atoms with Crippen LogP contribution in [0.3, 0.4) is 0 Å². The van der Waals surface area contributed by atoms with Gasteiger partial charge in [0.25, 0.3) is 5.91 Å². The minimum absolute atomic E-state index is 0.134. The molecule has 0 aliphatic rings. The van der Waals surface area contributed by atoms with Crippen molar-refractivity contribution in [1.82, 2.24) is 5.32 Å². The molecule has 0 bridgehead atoms. The molecule has 2 aromatic carbocycles. The molecule has 0 radical (unpaired) electrons. The third kappa shape index (κ3) is 4.31. The lowest BCUT2D eigenvalue weighted by Gasteiger charge is -2.09. The highest BCUT2D eigenvalue weighted by Crippen LogP contribution is 2.20. The molecular weight excluding hydrogens is 356 g/mol. The van der Waals surface area contributed by atoms with Crippen LogP contribution in [0.5, 0.6) is 0 Å². The van der Waals surface area contributed by atoms with Crippen LogP contribution in [0, 0.1) is 0 Å². The van der Waals surface area contributed by atoms with Crippen molar-refractivity contribution in [2.75, 3.05) is 11.9 Å². The zero-order chi connectivity index (χ0) is 15.2. The fourth-order valence-electron chi connectivity index (χ4n) is 1.66. The van der Waals surface area contributed by atoms with Crippen LogP contribution in [0.2, 0.25) is 5.02 Å². The molecule has 0 saturated heterocycles. The van der Waals surface area contributed by atoms with Crippen molar-refractivity contribution in [1.29, 1.82) is 0 Å². The maximum Gasteiger partial charge on any atom is 0.253 e. The van der Waals surface area contributed by atoms with Crippen molar-refractivity contribution in [2.24, 2.45) is 0 Å². The normalized spacial score (nSPS) is 10.0. The van der Waals surface area contributed by atoms with Crippen molar-refractivity contribution in [3.8, 4) is 0 Å². The van der Waals surface area contributed by atoms with E-state index in [-0.39, 0.29) is 18.4 Å². The first-order valence-electron chi connectivity index (χ1n) is 6.15. The number of hydrogen-bond donors (Lipinski definition) is 2. The van der Waals surface area contributed by atoms with Gasteiger partial charge >= 0.3 is 0 Å². The van der Waals surface area contributed by atoms with Gasteiger partial charge in [0.2, 0.25) is 5.91 Å². The second-order valence-electron chi connectivity index (χ2n) is 4.19. The Balaban J connectivity index is 1.91. The molecule has 0 aromatic heterocycles. The summed E-state index contributed by atoms with van der Waals surface area (Å²) in [5.74, 6) is -0.704. The van der Waals surface area contributed by atoms with Gasteiger partial charge in [-0.2, -0.15) is 0 Å². The van der Waals surface area contributed by atoms with Crippen molar-refractivity contribution < 1.29 is 9.59 Å². The van der Waals surface area contributed by atoms with Gasteiger partial charge in [0.15, 0.2) is 0 Å². The third-order valence-corrected chi connectivity index (χ3v) is 3.70. The summed E-state index contributed by atoms with van der Waals surface area (Å²) >= 11 is 9.25. The van der Waals surface area contributed by atoms with Crippen molar-refractivity contribution in [2.45, 2.75) is 0 Å². The predicted octanol–water partition coefficient (Wildman–Crippen LogP) is 3.47. The topological polar surface area (TPSA) is 58.2 Å². The van der Waals surface area contributed by atoms with Crippen LogP contribution in [-0.4, -0.2) is 18.4 Å². The maximum atomic E-state index is 11.9. The highest BCUT2D eigenvalue weighted by atomic mass is 79.9. The molecule has 21 heavy (non-hydrogen) atoms. The lowest BCUT2D eigenvalue weighted by molar-refractivity contribution is -0.115. The van der Waals surface area contributed by atoms with Gasteiger partial charge in [-0.05, 0) is 40.2 Å². The van der Waals surface area contributed by atoms with Crippen LogP contribution in [0.1, 0.15) is 10.4 Å². The molecule has 0 saturated carbocycles. The van der Waals surface area contributed by atoms with Crippen LogP contribution in [0.4, 0.5) is 5.69 Å². The predicted molar refractivity (Wildman–Crippen MR) is 86.6 cm³/mol. The number of halogens is 2. The second-order valence-corrected chi connectivity index (χ2v) is 5.45. The molecular formula is C15H12BrClN2O2. The van der Waals surface area contributed by atoms with Crippen LogP contribution in [0.25, 0.3) is 0 Å². The standard InChI is InChI=1S/C15H12BrClN2O2/c16-11-6-2-4-8-13(11)19-14(20)9-18-15(21)10-5-1-3-7-12(10)17/h1-8H,9H2,(H,18,21)(H,19,20). The SMILES string of the molecule is O=C(CNC(=O)c1ccccc1Cl)Nc1ccccc1Br. The minimum Gasteiger partial charge on any atom is -0.343 e. The number of carbonyl (C=O) groups excluding carboxylic acids is 2. The van der Waals surface area contributed by atoms with E-state index in [1.54, 1.807) is 30.3 Å². The second kappa shape index (κ2) is 7.24. The molecule has 0 fully saturated rings. The molecule has 2 N–H and O–H groups in total. The third-order valence-electron chi connectivity index (χ3n) is 2.68. The number of para-hydroxylation sites is 1. The van der Waals surface area contributed by atoms with E-state index in [4.69, 9.17) is 11.6 Å². The van der Waals surface area contributed by atoms with Crippen LogP contribution in [0.15, 0.2) is 53.0 Å². The first-order valence-corrected chi connectivity index (χ1v) is 7.32. The molecule has 4 nitrogen and oxygen atoms in total. The first-order chi connectivity index (χ1) is 10.1. The average Bonchev–Trinajstić information content (AvgIpc) is 2.48. The summed E-state index contributed by atoms with van der Waals surface area (Å²) in [6.45, 7) is -0.134. The Morgan fingerprint density at radius 3 is 2.43 bits per heavy atom. The van der Waals surface area contributed by atoms with Gasteiger partial charge in [-0.3, -0.25) is 9.59 Å². The molecule has 0 heterocycles. The summed E-state index contributed by atoms with van der Waals surface area (Å²) in [5, 5.41) is 5.57. The zero-order valence-corrected chi connectivity index (χ0v) is 13.2. The Bertz CT molecular complexity index is 676. The Labute approximate surface area is 135 Å². The Morgan fingerprint density at radius 2 is 1.71 bits per heavy atom. The highest BCUT2D eigenvalue weighted by Gasteiger charge is 2.11. The zero-order valence-electron chi connectivity index (χ0n) is 10.9. The summed E-state index contributed by atoms with van der Waals surface area (Å²) in [4.78, 5) is 23.7. The van der Waals surface area contributed by atoms with Gasteiger partial charge in [-0.25, -0.2) is 0 Å². The number of carbonyl (C=O) groups is 2. The lowest BCUT2D eigenvalue weighted by atomic mass is 10.2. The van der Waals surface area contributed by atoms with E-state index in [1.807, 2.05) is 18.2 Å². The summed E-state index contributed by atoms with van der Waals surface area (Å²) in [6, 6.07) is 13.9. The van der Waals surface area contributed by atoms with Gasteiger partial charge in [0.1, 0.15) is 0 Å². The number of benzene rings is 2. The molecule has 0 spiro atoms. The smallest absolute Gasteiger partial charge is 0.253 e. The molecule has 0 aliphatic carbocycles. The lowest BCUT2D eigenvalue weighted by Crippen LogP contribution is -2.33. The van der Waals surface area contributed by atoms with Gasteiger partial charge in [0, 0.05) is 4.47 Å². The number of nitrogens with one attached hydrogen (secondary N) is 2. The molecule has 0 atom stereocenters. The molecule has 108 valence electrons. The highest BCUT2D eigenvalue weighted by molar-refractivity contribution is 9.10.